The predicted octanol–water partition coefficient (Wildman–Crippen LogP) is 4.82. The minimum absolute atomic E-state index is 0.119. The van der Waals surface area contributed by atoms with Gasteiger partial charge in [0.1, 0.15) is 11.9 Å². The van der Waals surface area contributed by atoms with Gasteiger partial charge in [0.05, 0.1) is 22.5 Å². The number of para-hydroxylation sites is 2. The van der Waals surface area contributed by atoms with Crippen LogP contribution in [0.5, 0.6) is 5.75 Å². The summed E-state index contributed by atoms with van der Waals surface area (Å²) < 4.78 is 34.1. The van der Waals surface area contributed by atoms with Crippen LogP contribution in [-0.2, 0) is 14.8 Å². The fourth-order valence-electron chi connectivity index (χ4n) is 7.07. The van der Waals surface area contributed by atoms with E-state index in [0.717, 1.165) is 19.3 Å². The highest BCUT2D eigenvalue weighted by atomic mass is 32.2. The lowest BCUT2D eigenvalue weighted by molar-refractivity contribution is -0.140. The molecule has 174 valence electrons. The molecule has 4 fully saturated rings. The molecule has 4 saturated carbocycles. The largest absolute Gasteiger partial charge is 0.487 e. The number of carbonyl (C=O) groups excluding carboxylic acids is 1. The van der Waals surface area contributed by atoms with Gasteiger partial charge in [-0.15, -0.1) is 0 Å². The summed E-state index contributed by atoms with van der Waals surface area (Å²) in [5, 5.41) is 3.11. The number of rotatable bonds is 4. The van der Waals surface area contributed by atoms with Crippen LogP contribution < -0.4 is 14.4 Å². The van der Waals surface area contributed by atoms with Gasteiger partial charge >= 0.3 is 0 Å². The quantitative estimate of drug-likeness (QED) is 0.701. The van der Waals surface area contributed by atoms with Crippen LogP contribution in [0.3, 0.4) is 0 Å². The number of hydrogen-bond donors (Lipinski definition) is 1. The summed E-state index contributed by atoms with van der Waals surface area (Å²) >= 11 is 0. The van der Waals surface area contributed by atoms with E-state index in [0.29, 0.717) is 34.9 Å². The van der Waals surface area contributed by atoms with Crippen molar-refractivity contribution in [2.45, 2.75) is 56.4 Å². The van der Waals surface area contributed by atoms with Gasteiger partial charge in [-0.05, 0) is 99.6 Å². The second-order valence-corrected chi connectivity index (χ2v) is 12.5. The Hall–Kier alpha value is -2.54. The molecule has 0 radical (unpaired) electrons. The molecule has 4 aliphatic carbocycles. The third kappa shape index (κ3) is 3.52. The number of carbonyl (C=O) groups is 1. The number of amides is 1. The Balaban J connectivity index is 1.22. The monoisotopic (exact) mass is 466 g/mol. The Morgan fingerprint density at radius 2 is 1.58 bits per heavy atom. The van der Waals surface area contributed by atoms with Crippen LogP contribution in [0, 0.1) is 23.2 Å². The summed E-state index contributed by atoms with van der Waals surface area (Å²) in [5.41, 5.74) is 0.980. The molecule has 1 amide bonds. The highest BCUT2D eigenvalue weighted by Gasteiger charge is 2.54. The van der Waals surface area contributed by atoms with Gasteiger partial charge < -0.3 is 10.1 Å². The van der Waals surface area contributed by atoms with Crippen molar-refractivity contribution in [3.05, 3.63) is 48.5 Å². The molecule has 7 rings (SSSR count). The summed E-state index contributed by atoms with van der Waals surface area (Å²) in [4.78, 5) is 13.5. The zero-order chi connectivity index (χ0) is 22.8. The van der Waals surface area contributed by atoms with E-state index in [4.69, 9.17) is 4.74 Å². The molecule has 5 aliphatic rings. The van der Waals surface area contributed by atoms with Crippen molar-refractivity contribution in [3.63, 3.8) is 0 Å². The molecule has 0 unspecified atom stereocenters. The number of ether oxygens (including phenoxy) is 1. The lowest BCUT2D eigenvalue weighted by Crippen LogP contribution is -2.51. The highest BCUT2D eigenvalue weighted by molar-refractivity contribution is 7.92. The second kappa shape index (κ2) is 7.49. The first-order chi connectivity index (χ1) is 15.8. The molecule has 6 nitrogen and oxygen atoms in total. The van der Waals surface area contributed by atoms with Crippen molar-refractivity contribution in [1.82, 2.24) is 0 Å². The first-order valence-electron chi connectivity index (χ1n) is 12.0. The van der Waals surface area contributed by atoms with Crippen LogP contribution >= 0.6 is 0 Å². The topological polar surface area (TPSA) is 75.7 Å². The first-order valence-corrected chi connectivity index (χ1v) is 13.5. The molecule has 7 heteroatoms. The van der Waals surface area contributed by atoms with E-state index in [9.17, 15) is 13.2 Å². The minimum Gasteiger partial charge on any atom is -0.487 e. The van der Waals surface area contributed by atoms with E-state index in [-0.39, 0.29) is 28.9 Å². The molecule has 4 bridgehead atoms. The number of hydrogen-bond acceptors (Lipinski definition) is 4. The van der Waals surface area contributed by atoms with Gasteiger partial charge in [-0.25, -0.2) is 8.42 Å². The van der Waals surface area contributed by atoms with Crippen LogP contribution in [0.15, 0.2) is 53.4 Å². The zero-order valence-corrected chi connectivity index (χ0v) is 19.7. The fourth-order valence-corrected chi connectivity index (χ4v) is 8.62. The number of benzene rings is 2. The maximum atomic E-state index is 13.4. The molecule has 2 aromatic carbocycles. The van der Waals surface area contributed by atoms with Gasteiger partial charge in [0, 0.05) is 5.69 Å². The fraction of sp³-hybridized carbons (Fsp3) is 0.500. The smallest absolute Gasteiger partial charge is 0.264 e. The van der Waals surface area contributed by atoms with E-state index in [1.807, 2.05) is 19.1 Å². The number of anilines is 2. The van der Waals surface area contributed by atoms with Gasteiger partial charge in [-0.3, -0.25) is 9.10 Å². The third-order valence-electron chi connectivity index (χ3n) is 8.11. The molecule has 2 aromatic rings. The van der Waals surface area contributed by atoms with Crippen LogP contribution in [-0.4, -0.2) is 27.0 Å². The van der Waals surface area contributed by atoms with Crippen LogP contribution in [0.2, 0.25) is 0 Å². The highest BCUT2D eigenvalue weighted by Crippen LogP contribution is 2.60. The number of sulfonamides is 1. The predicted molar refractivity (Wildman–Crippen MR) is 127 cm³/mol. The van der Waals surface area contributed by atoms with Crippen molar-refractivity contribution in [2.24, 2.45) is 23.2 Å². The van der Waals surface area contributed by atoms with Crippen molar-refractivity contribution in [1.29, 1.82) is 0 Å². The molecule has 1 aliphatic heterocycles. The maximum absolute atomic E-state index is 13.4. The van der Waals surface area contributed by atoms with E-state index >= 15 is 0 Å². The standard InChI is InChI=1S/C26H30N2O4S/c1-17-16-28(23-4-2-3-5-24(23)32-17)33(30,31)22-8-6-21(7-9-22)27-25(29)26-13-18-10-19(14-26)12-20(11-18)15-26/h2-9,17-20H,10-16H2,1H3,(H,27,29)/t17-,18?,19?,20?,26?/m1/s1. The second-order valence-electron chi connectivity index (χ2n) is 10.6. The SMILES string of the molecule is C[C@@H]1CN(S(=O)(=O)c2ccc(NC(=O)C34CC5CC(CC(C5)C3)C4)cc2)c2ccccc2O1. The number of nitrogens with zero attached hydrogens (tertiary/aromatic N) is 1. The van der Waals surface area contributed by atoms with Gasteiger partial charge in [-0.1, -0.05) is 12.1 Å². The van der Waals surface area contributed by atoms with Crippen LogP contribution in [0.1, 0.15) is 45.4 Å². The molecule has 1 N–H and O–H groups in total. The van der Waals surface area contributed by atoms with Gasteiger partial charge in [-0.2, -0.15) is 0 Å². The van der Waals surface area contributed by atoms with Crippen molar-refractivity contribution >= 4 is 27.3 Å². The number of fused-ring (bicyclic) bond motifs is 1. The Kier molecular flexibility index (Phi) is 4.77. The van der Waals surface area contributed by atoms with Gasteiger partial charge in [0.25, 0.3) is 10.0 Å². The summed E-state index contributed by atoms with van der Waals surface area (Å²) in [6.45, 7) is 2.12. The normalized spacial score (nSPS) is 32.2. The molecular weight excluding hydrogens is 436 g/mol. The molecule has 0 spiro atoms. The molecule has 0 saturated heterocycles. The van der Waals surface area contributed by atoms with E-state index in [1.54, 1.807) is 36.4 Å². The molecule has 1 heterocycles. The minimum atomic E-state index is -3.75. The molecule has 0 aromatic heterocycles. The lowest BCUT2D eigenvalue weighted by atomic mass is 9.49. The summed E-state index contributed by atoms with van der Waals surface area (Å²) in [6, 6.07) is 13.8. The van der Waals surface area contributed by atoms with Crippen molar-refractivity contribution in [3.8, 4) is 5.75 Å². The average Bonchev–Trinajstić information content (AvgIpc) is 2.78. The Bertz CT molecular complexity index is 1160. The summed E-state index contributed by atoms with van der Waals surface area (Å²) in [5.74, 6) is 2.79. The summed E-state index contributed by atoms with van der Waals surface area (Å²) in [7, 11) is -3.75. The van der Waals surface area contributed by atoms with Gasteiger partial charge in [0.2, 0.25) is 5.91 Å². The number of nitrogens with one attached hydrogen (secondary N) is 1. The van der Waals surface area contributed by atoms with E-state index in [2.05, 4.69) is 5.32 Å². The first kappa shape index (κ1) is 21.0. The van der Waals surface area contributed by atoms with E-state index in [1.165, 1.54) is 23.6 Å². The van der Waals surface area contributed by atoms with Crippen molar-refractivity contribution in [2.75, 3.05) is 16.2 Å². The Labute approximate surface area is 195 Å². The van der Waals surface area contributed by atoms with Gasteiger partial charge in [0.15, 0.2) is 0 Å². The van der Waals surface area contributed by atoms with Crippen LogP contribution in [0.25, 0.3) is 0 Å². The maximum Gasteiger partial charge on any atom is 0.264 e. The molecular formula is C26H30N2O4S. The molecule has 1 atom stereocenters. The third-order valence-corrected chi connectivity index (χ3v) is 9.90. The lowest BCUT2D eigenvalue weighted by Gasteiger charge is -2.55. The molecule has 33 heavy (non-hydrogen) atoms. The van der Waals surface area contributed by atoms with E-state index < -0.39 is 10.0 Å². The Morgan fingerprint density at radius 3 is 2.21 bits per heavy atom. The zero-order valence-electron chi connectivity index (χ0n) is 18.9. The summed E-state index contributed by atoms with van der Waals surface area (Å²) in [6.07, 6.45) is 6.66. The van der Waals surface area contributed by atoms with Crippen LogP contribution in [0.4, 0.5) is 11.4 Å². The average molecular weight is 467 g/mol. The van der Waals surface area contributed by atoms with Crippen molar-refractivity contribution < 1.29 is 17.9 Å². The Morgan fingerprint density at radius 1 is 0.970 bits per heavy atom.